The Labute approximate surface area is 293 Å². The molecule has 0 aromatic carbocycles. The Morgan fingerprint density at radius 2 is 0.622 bits per heavy atom. The quantitative estimate of drug-likeness (QED) is 0.136. The van der Waals surface area contributed by atoms with Crippen LogP contribution in [0.4, 0.5) is 11.9 Å². The molecule has 17 nitrogen and oxygen atoms in total. The van der Waals surface area contributed by atoms with E-state index in [9.17, 15) is 0 Å². The minimum absolute atomic E-state index is 0.000000000000000444. The van der Waals surface area contributed by atoms with Gasteiger partial charge in [0.1, 0.15) is 0 Å². The summed E-state index contributed by atoms with van der Waals surface area (Å²) in [6.45, 7) is 6.26. The maximum absolute atomic E-state index is 5.66. The maximum atomic E-state index is 5.66. The van der Waals surface area contributed by atoms with E-state index in [2.05, 4.69) is 55.5 Å². The van der Waals surface area contributed by atoms with Gasteiger partial charge < -0.3 is 41.0 Å². The van der Waals surface area contributed by atoms with E-state index in [1.165, 1.54) is 0 Å². The number of halogens is 7. The van der Waals surface area contributed by atoms with Crippen molar-refractivity contribution in [2.45, 2.75) is 0 Å². The van der Waals surface area contributed by atoms with Gasteiger partial charge in [-0.15, -0.1) is 0 Å². The van der Waals surface area contributed by atoms with E-state index in [0.29, 0.717) is 90.9 Å². The third kappa shape index (κ3) is 23.4. The lowest BCUT2D eigenvalue weighted by atomic mass is 10.6. The Bertz CT molecular complexity index is 1070. The third-order valence-corrected chi connectivity index (χ3v) is 5.23. The van der Waals surface area contributed by atoms with Gasteiger partial charge in [0.05, 0.1) is 52.9 Å². The van der Waals surface area contributed by atoms with Crippen LogP contribution in [0.15, 0.2) is 0 Å². The molecule has 0 fully saturated rings. The van der Waals surface area contributed by atoms with Gasteiger partial charge in [0, 0.05) is 26.2 Å². The van der Waals surface area contributed by atoms with Crippen LogP contribution in [0.2, 0.25) is 37.0 Å². The minimum Gasteiger partial charge on any atom is -0.378 e. The second-order valence-corrected chi connectivity index (χ2v) is 9.78. The Hall–Kier alpha value is -1.58. The molecule has 3 heterocycles. The lowest BCUT2D eigenvalue weighted by molar-refractivity contribution is 0.0538. The first kappa shape index (κ1) is 41.4. The van der Waals surface area contributed by atoms with E-state index in [4.69, 9.17) is 112 Å². The molecule has 3 aromatic rings. The summed E-state index contributed by atoms with van der Waals surface area (Å²) >= 11 is 38.6. The number of anilines is 2. The van der Waals surface area contributed by atoms with Gasteiger partial charge in [-0.2, -0.15) is 44.9 Å². The topological polar surface area (TPSA) is 229 Å². The Morgan fingerprint density at radius 3 is 0.889 bits per heavy atom. The number of nitrogens with one attached hydrogen (secondary N) is 2. The van der Waals surface area contributed by atoms with Gasteiger partial charge >= 0.3 is 0 Å². The summed E-state index contributed by atoms with van der Waals surface area (Å²) in [5, 5.41) is 5.94. The molecule has 0 radical (unpaired) electrons. The van der Waals surface area contributed by atoms with Crippen LogP contribution in [0.3, 0.4) is 0 Å². The number of ether oxygens (including phenoxy) is 4. The van der Waals surface area contributed by atoms with Crippen LogP contribution in [0.1, 0.15) is 0 Å². The number of aromatic nitrogens is 9. The van der Waals surface area contributed by atoms with Gasteiger partial charge in [0.15, 0.2) is 0 Å². The molecule has 6 N–H and O–H groups in total. The van der Waals surface area contributed by atoms with E-state index in [-0.39, 0.29) is 37.0 Å². The Balaban J connectivity index is 0.000000434. The van der Waals surface area contributed by atoms with Crippen molar-refractivity contribution in [3.05, 3.63) is 37.0 Å². The minimum atomic E-state index is 0.000000000000000444. The normalized spacial score (nSPS) is 10.4. The molecular weight excluding hydrogens is 746 g/mol. The first-order chi connectivity index (χ1) is 21.6. The molecule has 0 unspecified atom stereocenters. The van der Waals surface area contributed by atoms with Crippen molar-refractivity contribution in [2.24, 2.45) is 11.5 Å². The zero-order valence-electron chi connectivity index (χ0n) is 23.4. The summed E-state index contributed by atoms with van der Waals surface area (Å²) in [4.78, 5) is 33.1. The van der Waals surface area contributed by atoms with Gasteiger partial charge in [0.25, 0.3) is 0 Å². The highest BCUT2D eigenvalue weighted by Gasteiger charge is 2.03. The first-order valence-corrected chi connectivity index (χ1v) is 15.3. The molecule has 0 saturated carbocycles. The SMILES string of the molecule is Clc1nc(Cl)nc(Cl)n1.Clc1nc(Cl)nc(NCCOCCOCCNc2nc(Cl)nc(Cl)n2)n1.NCCOCCOCCN. The van der Waals surface area contributed by atoms with Gasteiger partial charge in [-0.25, -0.2) is 0 Å². The molecule has 0 spiro atoms. The largest absolute Gasteiger partial charge is 0.378 e. The highest BCUT2D eigenvalue weighted by Crippen LogP contribution is 2.10. The lowest BCUT2D eigenvalue weighted by Crippen LogP contribution is -2.16. The molecule has 45 heavy (non-hydrogen) atoms. The molecule has 0 aliphatic carbocycles. The second kappa shape index (κ2) is 26.5. The van der Waals surface area contributed by atoms with Crippen molar-refractivity contribution < 1.29 is 18.9 Å². The van der Waals surface area contributed by atoms with Crippen molar-refractivity contribution >= 4 is 93.1 Å². The van der Waals surface area contributed by atoms with Gasteiger partial charge in [-0.3, -0.25) is 0 Å². The number of hydrogen-bond donors (Lipinski definition) is 4. The summed E-state index contributed by atoms with van der Waals surface area (Å²) < 4.78 is 20.9. The highest BCUT2D eigenvalue weighted by atomic mass is 35.5. The predicted octanol–water partition coefficient (Wildman–Crippen LogP) is 3.00. The van der Waals surface area contributed by atoms with Crippen molar-refractivity contribution in [3.8, 4) is 0 Å². The Morgan fingerprint density at radius 1 is 0.378 bits per heavy atom. The fourth-order valence-electron chi connectivity index (χ4n) is 2.39. The number of rotatable bonds is 18. The molecule has 0 atom stereocenters. The van der Waals surface area contributed by atoms with Crippen LogP contribution >= 0.6 is 81.2 Å². The van der Waals surface area contributed by atoms with Crippen molar-refractivity contribution in [1.29, 1.82) is 0 Å². The smallest absolute Gasteiger partial charge is 0.228 e. The average molecular weight is 777 g/mol. The number of nitrogens with zero attached hydrogens (tertiary/aromatic N) is 9. The summed E-state index contributed by atoms with van der Waals surface area (Å²) in [7, 11) is 0. The zero-order valence-corrected chi connectivity index (χ0v) is 28.7. The van der Waals surface area contributed by atoms with E-state index in [1.54, 1.807) is 0 Å². The molecule has 3 aromatic heterocycles. The van der Waals surface area contributed by atoms with Crippen LogP contribution in [-0.2, 0) is 18.9 Å². The molecular formula is C21H30Cl7N13O4. The van der Waals surface area contributed by atoms with E-state index < -0.39 is 0 Å². The fourth-order valence-corrected chi connectivity index (χ4v) is 3.73. The van der Waals surface area contributed by atoms with Crippen LogP contribution in [0.25, 0.3) is 0 Å². The lowest BCUT2D eigenvalue weighted by Gasteiger charge is -2.08. The molecule has 24 heteroatoms. The van der Waals surface area contributed by atoms with Gasteiger partial charge in [-0.1, -0.05) is 0 Å². The molecule has 3 rings (SSSR count). The molecule has 0 amide bonds. The summed E-state index contributed by atoms with van der Waals surface area (Å²) in [5.74, 6) is 0.582. The van der Waals surface area contributed by atoms with Crippen LogP contribution in [0, 0.1) is 0 Å². The third-order valence-electron chi connectivity index (χ3n) is 4.04. The molecule has 0 bridgehead atoms. The number of nitrogens with two attached hydrogens (primary N) is 2. The average Bonchev–Trinajstić information content (AvgIpc) is 2.95. The van der Waals surface area contributed by atoms with E-state index in [1.807, 2.05) is 0 Å². The van der Waals surface area contributed by atoms with E-state index >= 15 is 0 Å². The predicted molar refractivity (Wildman–Crippen MR) is 173 cm³/mol. The molecule has 0 saturated heterocycles. The standard InChI is InChI=1S/C12H14Cl4N8O2.C6H16N2O2.C3Cl3N3/c13-7-19-8(14)22-11(21-7)17-1-3-25-5-6-26-4-2-18-12-23-9(15)20-10(16)24-12;7-1-3-9-5-6-10-4-2-8;4-1-7-2(5)9-3(6)8-1/h1-6H2,(H,17,19,21,22)(H,18,20,23,24);1-8H2;. The number of hydrogen-bond acceptors (Lipinski definition) is 17. The fraction of sp³-hybridized carbons (Fsp3) is 0.571. The van der Waals surface area contributed by atoms with Crippen LogP contribution < -0.4 is 22.1 Å². The van der Waals surface area contributed by atoms with E-state index in [0.717, 1.165) is 0 Å². The van der Waals surface area contributed by atoms with Crippen molar-refractivity contribution in [2.75, 3.05) is 89.7 Å². The van der Waals surface area contributed by atoms with Crippen molar-refractivity contribution in [3.63, 3.8) is 0 Å². The first-order valence-electron chi connectivity index (χ1n) is 12.7. The van der Waals surface area contributed by atoms with Gasteiger partial charge in [0.2, 0.25) is 48.9 Å². The van der Waals surface area contributed by atoms with Crippen LogP contribution in [-0.4, -0.2) is 124 Å². The second-order valence-electron chi connectivity index (χ2n) is 7.42. The Kier molecular flexibility index (Phi) is 24.4. The summed E-state index contributed by atoms with van der Waals surface area (Å²) in [6, 6.07) is 0. The zero-order chi connectivity index (χ0) is 33.3. The highest BCUT2D eigenvalue weighted by molar-refractivity contribution is 6.33. The molecule has 252 valence electrons. The van der Waals surface area contributed by atoms with Crippen molar-refractivity contribution in [1.82, 2.24) is 44.9 Å². The monoisotopic (exact) mass is 773 g/mol. The summed E-state index contributed by atoms with van der Waals surface area (Å²) in [6.07, 6.45) is 0. The molecule has 0 aliphatic heterocycles. The summed E-state index contributed by atoms with van der Waals surface area (Å²) in [5.41, 5.74) is 10.4. The maximum Gasteiger partial charge on any atom is 0.228 e. The van der Waals surface area contributed by atoms with Crippen LogP contribution in [0.5, 0.6) is 0 Å². The van der Waals surface area contributed by atoms with Gasteiger partial charge in [-0.05, 0) is 81.2 Å². The molecule has 0 aliphatic rings.